The number of amides is 1. The van der Waals surface area contributed by atoms with Crippen LogP contribution in [-0.2, 0) is 14.3 Å². The lowest BCUT2D eigenvalue weighted by Gasteiger charge is -2.38. The molecule has 33 heavy (non-hydrogen) atoms. The van der Waals surface area contributed by atoms with Gasteiger partial charge in [0.2, 0.25) is 5.91 Å². The Labute approximate surface area is 190 Å². The molecule has 2 saturated heterocycles. The van der Waals surface area contributed by atoms with Gasteiger partial charge in [0.05, 0.1) is 29.2 Å². The third-order valence-corrected chi connectivity index (χ3v) is 6.79. The smallest absolute Gasteiger partial charge is 0.333 e. The topological polar surface area (TPSA) is 139 Å². The number of aromatic nitrogens is 6. The first-order valence-electron chi connectivity index (χ1n) is 11.0. The third kappa shape index (κ3) is 3.89. The summed E-state index contributed by atoms with van der Waals surface area (Å²) in [6.07, 6.45) is 7.21. The summed E-state index contributed by atoms with van der Waals surface area (Å²) in [6.45, 7) is 6.02. The Balaban J connectivity index is 1.21. The monoisotopic (exact) mass is 454 g/mol. The predicted molar refractivity (Wildman–Crippen MR) is 112 cm³/mol. The number of piperidine rings is 1. The molecule has 1 amide bonds. The van der Waals surface area contributed by atoms with Gasteiger partial charge < -0.3 is 19.6 Å². The van der Waals surface area contributed by atoms with Gasteiger partial charge in [0.15, 0.2) is 5.82 Å². The number of tetrazole rings is 1. The van der Waals surface area contributed by atoms with Crippen molar-refractivity contribution in [3.8, 4) is 5.82 Å². The lowest BCUT2D eigenvalue weighted by molar-refractivity contribution is -0.139. The fourth-order valence-electron chi connectivity index (χ4n) is 5.29. The van der Waals surface area contributed by atoms with Gasteiger partial charge in [-0.05, 0) is 56.6 Å². The Hall–Kier alpha value is -3.25. The second-order valence-electron chi connectivity index (χ2n) is 9.52. The van der Waals surface area contributed by atoms with Crippen LogP contribution in [0.25, 0.3) is 5.82 Å². The van der Waals surface area contributed by atoms with E-state index in [-0.39, 0.29) is 18.1 Å². The molecule has 12 heteroatoms. The number of rotatable bonds is 5. The maximum atomic E-state index is 13.5. The molecule has 1 N–H and O–H groups in total. The average molecular weight is 454 g/mol. The number of carbonyl (C=O) groups excluding carboxylic acids is 2. The first kappa shape index (κ1) is 21.6. The van der Waals surface area contributed by atoms with E-state index in [0.717, 1.165) is 6.42 Å². The molecule has 1 spiro atoms. The Kier molecular flexibility index (Phi) is 5.20. The maximum absolute atomic E-state index is 13.5. The second-order valence-corrected chi connectivity index (χ2v) is 9.52. The van der Waals surface area contributed by atoms with Crippen molar-refractivity contribution in [3.05, 3.63) is 36.2 Å². The number of likely N-dealkylation sites (tertiary alicyclic amines) is 2. The SMILES string of the molecule is CC1(C)CC2(CCN(C[C@H](O)c3cnc(-n4cnnn4)cn3)CC2)C(=O)N1C1=CC(=O)OC1. The van der Waals surface area contributed by atoms with E-state index in [4.69, 9.17) is 4.74 Å². The summed E-state index contributed by atoms with van der Waals surface area (Å²) in [6, 6.07) is 0. The molecule has 5 heterocycles. The second kappa shape index (κ2) is 7.96. The zero-order chi connectivity index (χ0) is 23.2. The van der Waals surface area contributed by atoms with Crippen molar-refractivity contribution in [1.29, 1.82) is 0 Å². The molecule has 1 atom stereocenters. The van der Waals surface area contributed by atoms with Crippen molar-refractivity contribution >= 4 is 11.9 Å². The van der Waals surface area contributed by atoms with E-state index in [1.165, 1.54) is 29.5 Å². The van der Waals surface area contributed by atoms with Crippen LogP contribution >= 0.6 is 0 Å². The number of nitrogens with zero attached hydrogens (tertiary/aromatic N) is 8. The Bertz CT molecular complexity index is 1070. The molecular weight excluding hydrogens is 428 g/mol. The summed E-state index contributed by atoms with van der Waals surface area (Å²) in [5.41, 5.74) is 0.280. The summed E-state index contributed by atoms with van der Waals surface area (Å²) in [5, 5.41) is 21.6. The number of carbonyl (C=O) groups is 2. The normalized spacial score (nSPS) is 23.1. The van der Waals surface area contributed by atoms with Crippen molar-refractivity contribution < 1.29 is 19.4 Å². The van der Waals surface area contributed by atoms with Crippen LogP contribution in [-0.4, -0.2) is 88.7 Å². The molecule has 0 bridgehead atoms. The molecule has 0 saturated carbocycles. The number of cyclic esters (lactones) is 1. The standard InChI is InChI=1S/C21H26N8O4/c1-20(2)12-21(19(32)29(20)14-7-18(31)33-11-14)3-5-27(6-4-21)10-16(30)15-8-23-17(9-22-15)28-13-24-25-26-28/h7-9,13,16,30H,3-6,10-12H2,1-2H3/t16-/m0/s1. The summed E-state index contributed by atoms with van der Waals surface area (Å²) < 4.78 is 6.43. The van der Waals surface area contributed by atoms with Crippen molar-refractivity contribution in [1.82, 2.24) is 40.0 Å². The Morgan fingerprint density at radius 1 is 1.18 bits per heavy atom. The summed E-state index contributed by atoms with van der Waals surface area (Å²) in [5.74, 6) is 0.140. The van der Waals surface area contributed by atoms with Gasteiger partial charge in [0.25, 0.3) is 0 Å². The highest BCUT2D eigenvalue weighted by Crippen LogP contribution is 2.50. The third-order valence-electron chi connectivity index (χ3n) is 6.79. The van der Waals surface area contributed by atoms with Gasteiger partial charge in [-0.3, -0.25) is 9.78 Å². The van der Waals surface area contributed by atoms with Gasteiger partial charge in [-0.25, -0.2) is 9.78 Å². The zero-order valence-corrected chi connectivity index (χ0v) is 18.6. The highest BCUT2D eigenvalue weighted by molar-refractivity contribution is 5.91. The maximum Gasteiger partial charge on any atom is 0.333 e. The van der Waals surface area contributed by atoms with Crippen molar-refractivity contribution in [3.63, 3.8) is 0 Å². The van der Waals surface area contributed by atoms with Gasteiger partial charge >= 0.3 is 5.97 Å². The first-order valence-corrected chi connectivity index (χ1v) is 11.0. The molecule has 3 aliphatic rings. The van der Waals surface area contributed by atoms with E-state index in [2.05, 4.69) is 30.4 Å². The van der Waals surface area contributed by atoms with Crippen LogP contribution in [0, 0.1) is 5.41 Å². The number of aliphatic hydroxyl groups excluding tert-OH is 1. The highest BCUT2D eigenvalue weighted by atomic mass is 16.5. The van der Waals surface area contributed by atoms with Crippen LogP contribution in [0.1, 0.15) is 44.9 Å². The van der Waals surface area contributed by atoms with Crippen LogP contribution in [0.2, 0.25) is 0 Å². The highest BCUT2D eigenvalue weighted by Gasteiger charge is 2.57. The molecule has 2 fully saturated rings. The van der Waals surface area contributed by atoms with Crippen molar-refractivity contribution in [2.45, 2.75) is 44.8 Å². The van der Waals surface area contributed by atoms with Gasteiger partial charge in [-0.15, -0.1) is 5.10 Å². The van der Waals surface area contributed by atoms with E-state index >= 15 is 0 Å². The quantitative estimate of drug-likeness (QED) is 0.615. The van der Waals surface area contributed by atoms with Crippen LogP contribution in [0.3, 0.4) is 0 Å². The molecule has 2 aromatic rings. The number of esters is 1. The molecule has 0 radical (unpaired) electrons. The summed E-state index contributed by atoms with van der Waals surface area (Å²) in [4.78, 5) is 37.5. The van der Waals surface area contributed by atoms with Gasteiger partial charge in [-0.1, -0.05) is 0 Å². The molecule has 174 valence electrons. The zero-order valence-electron chi connectivity index (χ0n) is 18.6. The number of hydrogen-bond donors (Lipinski definition) is 1. The van der Waals surface area contributed by atoms with Crippen LogP contribution in [0.5, 0.6) is 0 Å². The molecule has 3 aliphatic heterocycles. The van der Waals surface area contributed by atoms with E-state index in [1.807, 2.05) is 13.8 Å². The van der Waals surface area contributed by atoms with Gasteiger partial charge in [-0.2, -0.15) is 4.68 Å². The molecular formula is C21H26N8O4. The molecule has 0 aliphatic carbocycles. The van der Waals surface area contributed by atoms with E-state index in [1.54, 1.807) is 4.90 Å². The van der Waals surface area contributed by atoms with Crippen LogP contribution in [0.4, 0.5) is 0 Å². The Morgan fingerprint density at radius 2 is 1.97 bits per heavy atom. The van der Waals surface area contributed by atoms with Crippen molar-refractivity contribution in [2.75, 3.05) is 26.2 Å². The molecule has 2 aromatic heterocycles. The molecule has 0 aromatic carbocycles. The molecule has 5 rings (SSSR count). The number of hydrogen-bond acceptors (Lipinski definition) is 10. The van der Waals surface area contributed by atoms with Crippen LogP contribution < -0.4 is 0 Å². The van der Waals surface area contributed by atoms with E-state index in [9.17, 15) is 14.7 Å². The fraction of sp³-hybridized carbons (Fsp3) is 0.571. The van der Waals surface area contributed by atoms with E-state index in [0.29, 0.717) is 49.7 Å². The predicted octanol–water partition coefficient (Wildman–Crippen LogP) is 0.0195. The number of ether oxygens (including phenoxy) is 1. The summed E-state index contributed by atoms with van der Waals surface area (Å²) in [7, 11) is 0. The first-order chi connectivity index (χ1) is 15.8. The summed E-state index contributed by atoms with van der Waals surface area (Å²) >= 11 is 0. The average Bonchev–Trinajstić information content (AvgIpc) is 3.50. The minimum atomic E-state index is -0.798. The molecule has 0 unspecified atom stereocenters. The number of β-amino-alcohol motifs (C(OH)–C–C–N with tert-alkyl or cyclic N) is 1. The minimum Gasteiger partial charge on any atom is -0.456 e. The lowest BCUT2D eigenvalue weighted by atomic mass is 9.74. The minimum absolute atomic E-state index is 0.0707. The number of aliphatic hydroxyl groups is 1. The van der Waals surface area contributed by atoms with Gasteiger partial charge in [0.1, 0.15) is 19.0 Å². The lowest BCUT2D eigenvalue weighted by Crippen LogP contribution is -2.46. The van der Waals surface area contributed by atoms with Crippen molar-refractivity contribution in [2.24, 2.45) is 5.41 Å². The fourth-order valence-corrected chi connectivity index (χ4v) is 5.29. The Morgan fingerprint density at radius 3 is 2.58 bits per heavy atom. The van der Waals surface area contributed by atoms with E-state index < -0.39 is 17.5 Å². The van der Waals surface area contributed by atoms with Crippen LogP contribution in [0.15, 0.2) is 30.5 Å². The van der Waals surface area contributed by atoms with Gasteiger partial charge in [0, 0.05) is 18.2 Å². The largest absolute Gasteiger partial charge is 0.456 e. The molecule has 12 nitrogen and oxygen atoms in total.